The van der Waals surface area contributed by atoms with Gasteiger partial charge in [0, 0.05) is 12.8 Å². The second-order valence-corrected chi connectivity index (χ2v) is 10.2. The van der Waals surface area contributed by atoms with Gasteiger partial charge in [0.05, 0.1) is 6.10 Å². The Labute approximate surface area is 238 Å². The molecule has 0 bridgehead atoms. The molecule has 6 heteroatoms. The molecule has 0 unspecified atom stereocenters. The number of esters is 2. The number of aliphatic hydroxyl groups is 2. The van der Waals surface area contributed by atoms with Crippen LogP contribution in [0.2, 0.25) is 0 Å². The monoisotopic (exact) mass is 548 g/mol. The Bertz CT molecular complexity index is 692. The molecule has 0 aromatic heterocycles. The molecule has 39 heavy (non-hydrogen) atoms. The molecule has 0 saturated heterocycles. The summed E-state index contributed by atoms with van der Waals surface area (Å²) in [5.74, 6) is -0.658. The lowest BCUT2D eigenvalue weighted by atomic mass is 10.1. The second kappa shape index (κ2) is 28.8. The highest BCUT2D eigenvalue weighted by Gasteiger charge is 2.11. The van der Waals surface area contributed by atoms with Crippen molar-refractivity contribution in [3.63, 3.8) is 0 Å². The fraction of sp³-hybridized carbons (Fsp3) is 0.697. The minimum Gasteiger partial charge on any atom is -0.463 e. The fourth-order valence-electron chi connectivity index (χ4n) is 3.74. The molecule has 0 aliphatic heterocycles. The first kappa shape index (κ1) is 36.8. The van der Waals surface area contributed by atoms with Gasteiger partial charge in [0.15, 0.2) is 0 Å². The summed E-state index contributed by atoms with van der Waals surface area (Å²) in [7, 11) is 0. The maximum absolute atomic E-state index is 11.8. The summed E-state index contributed by atoms with van der Waals surface area (Å²) in [5, 5.41) is 19.1. The Kier molecular flexibility index (Phi) is 27.2. The van der Waals surface area contributed by atoms with E-state index < -0.39 is 6.10 Å². The third kappa shape index (κ3) is 30.2. The van der Waals surface area contributed by atoms with Crippen LogP contribution in [0.15, 0.2) is 48.6 Å². The van der Waals surface area contributed by atoms with Crippen molar-refractivity contribution in [2.75, 3.05) is 13.2 Å². The van der Waals surface area contributed by atoms with Crippen LogP contribution in [0.25, 0.3) is 0 Å². The van der Waals surface area contributed by atoms with Crippen molar-refractivity contribution in [3.05, 3.63) is 48.6 Å². The maximum atomic E-state index is 11.8. The molecule has 0 aliphatic rings. The number of allylic oxidation sites excluding steroid dienone is 8. The Morgan fingerprint density at radius 3 is 1.56 bits per heavy atom. The minimum absolute atomic E-state index is 0.142. The Balaban J connectivity index is 3.61. The molecule has 224 valence electrons. The van der Waals surface area contributed by atoms with E-state index in [4.69, 9.17) is 9.47 Å². The summed E-state index contributed by atoms with van der Waals surface area (Å²) >= 11 is 0. The van der Waals surface area contributed by atoms with E-state index in [2.05, 4.69) is 55.5 Å². The summed E-state index contributed by atoms with van der Waals surface area (Å²) in [6.07, 6.45) is 31.6. The number of aliphatic hydroxyl groups excluding tert-OH is 2. The lowest BCUT2D eigenvalue weighted by Gasteiger charge is -2.12. The normalized spacial score (nSPS) is 13.6. The summed E-state index contributed by atoms with van der Waals surface area (Å²) in [5.41, 5.74) is 0. The predicted octanol–water partition coefficient (Wildman–Crippen LogP) is 7.69. The van der Waals surface area contributed by atoms with Crippen LogP contribution in [0, 0.1) is 0 Å². The Morgan fingerprint density at radius 1 is 0.615 bits per heavy atom. The van der Waals surface area contributed by atoms with E-state index in [1.54, 1.807) is 0 Å². The van der Waals surface area contributed by atoms with Crippen LogP contribution in [-0.4, -0.2) is 47.6 Å². The summed E-state index contributed by atoms with van der Waals surface area (Å²) in [6, 6.07) is 0. The molecule has 0 aromatic carbocycles. The van der Waals surface area contributed by atoms with E-state index >= 15 is 0 Å². The number of carbonyl (C=O) groups excluding carboxylic acids is 2. The van der Waals surface area contributed by atoms with Gasteiger partial charge in [0.25, 0.3) is 0 Å². The van der Waals surface area contributed by atoms with Crippen molar-refractivity contribution < 1.29 is 29.3 Å². The number of carbonyl (C=O) groups is 2. The van der Waals surface area contributed by atoms with E-state index in [9.17, 15) is 19.8 Å². The zero-order valence-corrected chi connectivity index (χ0v) is 24.7. The Hall–Kier alpha value is -2.18. The number of hydrogen-bond donors (Lipinski definition) is 2. The van der Waals surface area contributed by atoms with Gasteiger partial charge in [-0.3, -0.25) is 9.59 Å². The standard InChI is InChI=1S/C33H56O6/c1-3-4-5-6-16-20-23-26-32(36)38-28-31(35)29-39-33(37)27-24-21-18-15-13-11-9-7-8-10-12-14-17-19-22-25-30(2)34/h8-11,14-15,17-18,30-31,34-35H,3-7,12-13,16,19-29H2,1-2H3/b10-8-,11-9-,17-14-,18-15-/t30-,31-/m1/s1. The average molecular weight is 549 g/mol. The smallest absolute Gasteiger partial charge is 0.305 e. The molecule has 0 rings (SSSR count). The molecule has 0 saturated carbocycles. The fourth-order valence-corrected chi connectivity index (χ4v) is 3.74. The van der Waals surface area contributed by atoms with Gasteiger partial charge < -0.3 is 19.7 Å². The van der Waals surface area contributed by atoms with Crippen LogP contribution < -0.4 is 0 Å². The quantitative estimate of drug-likeness (QED) is 0.0654. The van der Waals surface area contributed by atoms with Crippen LogP contribution in [0.1, 0.15) is 123 Å². The topological polar surface area (TPSA) is 93.1 Å². The van der Waals surface area contributed by atoms with Crippen molar-refractivity contribution in [1.82, 2.24) is 0 Å². The largest absolute Gasteiger partial charge is 0.463 e. The van der Waals surface area contributed by atoms with Crippen LogP contribution in [0.4, 0.5) is 0 Å². The van der Waals surface area contributed by atoms with Crippen molar-refractivity contribution in [2.45, 2.75) is 135 Å². The molecule has 2 N–H and O–H groups in total. The zero-order valence-electron chi connectivity index (χ0n) is 24.7. The van der Waals surface area contributed by atoms with E-state index in [1.807, 2.05) is 6.92 Å². The molecule has 2 atom stereocenters. The van der Waals surface area contributed by atoms with E-state index in [0.717, 1.165) is 64.2 Å². The van der Waals surface area contributed by atoms with Gasteiger partial charge in [0.2, 0.25) is 0 Å². The molecular weight excluding hydrogens is 492 g/mol. The highest BCUT2D eigenvalue weighted by atomic mass is 16.6. The molecule has 0 spiro atoms. The van der Waals surface area contributed by atoms with Gasteiger partial charge >= 0.3 is 11.9 Å². The van der Waals surface area contributed by atoms with Gasteiger partial charge in [-0.1, -0.05) is 94.1 Å². The molecular formula is C33H56O6. The molecule has 0 aromatic rings. The third-order valence-corrected chi connectivity index (χ3v) is 6.09. The molecule has 0 radical (unpaired) electrons. The molecule has 0 fully saturated rings. The van der Waals surface area contributed by atoms with Gasteiger partial charge in [-0.2, -0.15) is 0 Å². The van der Waals surface area contributed by atoms with Crippen LogP contribution >= 0.6 is 0 Å². The SMILES string of the molecule is CCCCCCCCCC(=O)OC[C@@H](O)COC(=O)CCC/C=C\C/C=C\C/C=C\C/C=C\CCC[C@@H](C)O. The van der Waals surface area contributed by atoms with Crippen LogP contribution in [-0.2, 0) is 19.1 Å². The van der Waals surface area contributed by atoms with Gasteiger partial charge in [-0.05, 0) is 64.7 Å². The average Bonchev–Trinajstić information content (AvgIpc) is 2.91. The number of rotatable bonds is 26. The van der Waals surface area contributed by atoms with E-state index in [-0.39, 0.29) is 31.3 Å². The molecule has 6 nitrogen and oxygen atoms in total. The molecule has 0 amide bonds. The van der Waals surface area contributed by atoms with Crippen LogP contribution in [0.3, 0.4) is 0 Å². The molecule has 0 heterocycles. The third-order valence-electron chi connectivity index (χ3n) is 6.09. The first-order valence-corrected chi connectivity index (χ1v) is 15.2. The summed E-state index contributed by atoms with van der Waals surface area (Å²) < 4.78 is 10.2. The number of hydrogen-bond acceptors (Lipinski definition) is 6. The van der Waals surface area contributed by atoms with Crippen molar-refractivity contribution >= 4 is 11.9 Å². The number of unbranched alkanes of at least 4 members (excludes halogenated alkanes) is 8. The number of ether oxygens (including phenoxy) is 2. The highest BCUT2D eigenvalue weighted by molar-refractivity contribution is 5.69. The lowest BCUT2D eigenvalue weighted by molar-refractivity contribution is -0.152. The Morgan fingerprint density at radius 2 is 1.05 bits per heavy atom. The summed E-state index contributed by atoms with van der Waals surface area (Å²) in [4.78, 5) is 23.6. The second-order valence-electron chi connectivity index (χ2n) is 10.2. The highest BCUT2D eigenvalue weighted by Crippen LogP contribution is 2.09. The van der Waals surface area contributed by atoms with Crippen molar-refractivity contribution in [1.29, 1.82) is 0 Å². The minimum atomic E-state index is -0.990. The van der Waals surface area contributed by atoms with Crippen molar-refractivity contribution in [2.24, 2.45) is 0 Å². The van der Waals surface area contributed by atoms with Gasteiger partial charge in [-0.15, -0.1) is 0 Å². The summed E-state index contributed by atoms with van der Waals surface area (Å²) in [6.45, 7) is 3.72. The predicted molar refractivity (Wildman–Crippen MR) is 160 cm³/mol. The van der Waals surface area contributed by atoms with Crippen LogP contribution in [0.5, 0.6) is 0 Å². The zero-order chi connectivity index (χ0) is 28.8. The first-order chi connectivity index (χ1) is 19.0. The van der Waals surface area contributed by atoms with Crippen molar-refractivity contribution in [3.8, 4) is 0 Å². The maximum Gasteiger partial charge on any atom is 0.305 e. The molecule has 0 aliphatic carbocycles. The van der Waals surface area contributed by atoms with E-state index in [0.29, 0.717) is 19.3 Å². The van der Waals surface area contributed by atoms with Gasteiger partial charge in [0.1, 0.15) is 19.3 Å². The van der Waals surface area contributed by atoms with Gasteiger partial charge in [-0.25, -0.2) is 0 Å². The van der Waals surface area contributed by atoms with E-state index in [1.165, 1.54) is 25.7 Å². The first-order valence-electron chi connectivity index (χ1n) is 15.2. The lowest BCUT2D eigenvalue weighted by Crippen LogP contribution is -2.25.